The van der Waals surface area contributed by atoms with Gasteiger partial charge < -0.3 is 0 Å². The molecule has 6 aliphatic heterocycles. The number of aliphatic imine (C=N–C) groups is 6. The molecule has 0 saturated heterocycles. The molecule has 30 nitrogen and oxygen atoms in total. The van der Waals surface area contributed by atoms with E-state index in [1.807, 2.05) is 13.8 Å². The molecular weight excluding hydrogens is 1060 g/mol. The van der Waals surface area contributed by atoms with Crippen LogP contribution < -0.4 is 42.8 Å². The molecule has 0 bridgehead atoms. The number of benzene rings is 4. The molecule has 0 unspecified atom stereocenters. The molecule has 402 valence electrons. The summed E-state index contributed by atoms with van der Waals surface area (Å²) in [4.78, 5) is 136. The molecule has 0 spiro atoms. The summed E-state index contributed by atoms with van der Waals surface area (Å²) in [6, 6.07) is 12.2. The van der Waals surface area contributed by atoms with Crippen LogP contribution in [0.3, 0.4) is 0 Å². The molecule has 0 radical (unpaired) electrons. The van der Waals surface area contributed by atoms with E-state index in [9.17, 15) is 38.4 Å². The standard InChI is InChI=1S/C19H21N13O2.3C11H5N3O2/c1-3-12(7-30-23-9-21-26-30)29-11-20-16-5-15-17(6-14(16)18(29)33)25-28-32(19(15)34)13(4-2)8-31-24-10-22-27-31;3*15-10-7-4-9-8(11(16)14-5-13-9)3-6(7)1-2-12-10/h5-6,9-13H,3-4,7-8H2,1-2H3;3*1-5H/t12-,13-;;;/m1.../s1. The maximum atomic E-state index is 13.3. The molecule has 6 aliphatic rings. The van der Waals surface area contributed by atoms with Gasteiger partial charge in [-0.15, -0.1) is 25.5 Å². The fourth-order valence-electron chi connectivity index (χ4n) is 8.92. The van der Waals surface area contributed by atoms with E-state index in [0.29, 0.717) is 113 Å². The first kappa shape index (κ1) is 52.3. The Bertz CT molecular complexity index is 4210. The van der Waals surface area contributed by atoms with Gasteiger partial charge in [-0.3, -0.25) is 42.9 Å². The minimum absolute atomic E-state index is 0.218. The second-order valence-electron chi connectivity index (χ2n) is 17.9. The SMILES string of the molecule is CC[C@H](Cn1ncnn1)n1cnc2cc3c(=O)n([C@H](CC)Cn4ncnn4)nnc3cc2c1=O.O=C1N=CC=c2cc3c(cc21)=NC=NC3=O.O=C1N=CC=c2cc3c(cc21)=NC=NC3=O.O=C1N=CC=c2cc3c(cc21)=NC=NC3=O. The monoisotopic (exact) mass is 1100 g/mol. The topological polar surface area (TPSA) is 384 Å². The van der Waals surface area contributed by atoms with Gasteiger partial charge in [-0.25, -0.2) is 39.6 Å². The van der Waals surface area contributed by atoms with Gasteiger partial charge in [0.05, 0.1) is 97.2 Å². The number of nitrogens with zero attached hydrogens (tertiary/aromatic N) is 22. The number of hydrogen-bond acceptors (Lipinski definition) is 20. The van der Waals surface area contributed by atoms with Gasteiger partial charge in [0, 0.05) is 18.6 Å². The van der Waals surface area contributed by atoms with Crippen LogP contribution in [-0.2, 0) is 13.1 Å². The lowest BCUT2D eigenvalue weighted by Gasteiger charge is -2.17. The van der Waals surface area contributed by atoms with E-state index in [0.717, 1.165) is 0 Å². The molecule has 8 aromatic rings. The van der Waals surface area contributed by atoms with Crippen LogP contribution in [0, 0.1) is 0 Å². The number of fused-ring (bicyclic) bond motifs is 8. The molecule has 10 heterocycles. The van der Waals surface area contributed by atoms with Gasteiger partial charge in [0.25, 0.3) is 46.6 Å². The molecule has 0 aliphatic carbocycles. The van der Waals surface area contributed by atoms with Crippen molar-refractivity contribution in [2.75, 3.05) is 0 Å². The van der Waals surface area contributed by atoms with E-state index < -0.39 is 0 Å². The number of carbonyl (C=O) groups excluding carboxylic acids is 6. The highest BCUT2D eigenvalue weighted by atomic mass is 16.2. The van der Waals surface area contributed by atoms with Crippen LogP contribution in [0.2, 0.25) is 0 Å². The van der Waals surface area contributed by atoms with Crippen molar-refractivity contribution in [3.8, 4) is 0 Å². The number of rotatable bonds is 8. The Balaban J connectivity index is 0.000000123. The molecule has 6 amide bonds. The summed E-state index contributed by atoms with van der Waals surface area (Å²) >= 11 is 0. The first-order valence-corrected chi connectivity index (χ1v) is 24.7. The van der Waals surface area contributed by atoms with Crippen molar-refractivity contribution >= 4 is 113 Å². The van der Waals surface area contributed by atoms with E-state index in [1.165, 1.54) is 70.9 Å². The average molecular weight is 1100 g/mol. The second-order valence-corrected chi connectivity index (χ2v) is 17.9. The molecular formula is C52H36N22O8. The Hall–Kier alpha value is -11.7. The lowest BCUT2D eigenvalue weighted by molar-refractivity contribution is 0.0988. The number of carbonyl (C=O) groups is 6. The smallest absolute Gasteiger partial charge is 0.280 e. The number of hydrogen-bond donors (Lipinski definition) is 0. The number of aromatic nitrogens is 13. The maximum absolute atomic E-state index is 13.3. The molecule has 0 saturated carbocycles. The fraction of sp³-hybridized carbons (Fsp3) is 0.154. The fourth-order valence-corrected chi connectivity index (χ4v) is 8.92. The Labute approximate surface area is 455 Å². The minimum Gasteiger partial charge on any atom is -0.294 e. The molecule has 82 heavy (non-hydrogen) atoms. The molecule has 0 fully saturated rings. The summed E-state index contributed by atoms with van der Waals surface area (Å²) in [5.74, 6) is -1.95. The van der Waals surface area contributed by atoms with Crippen molar-refractivity contribution in [2.24, 2.45) is 44.9 Å². The van der Waals surface area contributed by atoms with Gasteiger partial charge in [-0.05, 0) is 106 Å². The summed E-state index contributed by atoms with van der Waals surface area (Å²) in [6.45, 7) is 4.60. The Kier molecular flexibility index (Phi) is 14.3. The Morgan fingerprint density at radius 3 is 1.28 bits per heavy atom. The van der Waals surface area contributed by atoms with Gasteiger partial charge in [0.1, 0.15) is 24.5 Å². The summed E-state index contributed by atoms with van der Waals surface area (Å²) < 4.78 is 2.86. The first-order chi connectivity index (χ1) is 39.8. The lowest BCUT2D eigenvalue weighted by Crippen LogP contribution is -2.31. The Morgan fingerprint density at radius 2 is 0.854 bits per heavy atom. The zero-order valence-electron chi connectivity index (χ0n) is 42.6. The predicted octanol–water partition coefficient (Wildman–Crippen LogP) is -1.74. The largest absolute Gasteiger partial charge is 0.294 e. The van der Waals surface area contributed by atoms with Crippen LogP contribution >= 0.6 is 0 Å². The zero-order chi connectivity index (χ0) is 57.0. The summed E-state index contributed by atoms with van der Waals surface area (Å²) in [6.07, 6.45) is 18.3. The van der Waals surface area contributed by atoms with Crippen LogP contribution in [0.25, 0.3) is 40.0 Å². The highest BCUT2D eigenvalue weighted by molar-refractivity contribution is 6.12. The molecule has 30 heteroatoms. The van der Waals surface area contributed by atoms with Gasteiger partial charge in [-0.1, -0.05) is 19.1 Å². The quantitative estimate of drug-likeness (QED) is 0.152. The summed E-state index contributed by atoms with van der Waals surface area (Å²) in [5, 5.41) is 35.6. The van der Waals surface area contributed by atoms with E-state index in [1.54, 1.807) is 71.3 Å². The summed E-state index contributed by atoms with van der Waals surface area (Å²) in [5.41, 5.74) is 2.81. The van der Waals surface area contributed by atoms with Gasteiger partial charge in [0.2, 0.25) is 0 Å². The highest BCUT2D eigenvalue weighted by Gasteiger charge is 2.22. The molecule has 4 aromatic heterocycles. The van der Waals surface area contributed by atoms with Gasteiger partial charge >= 0.3 is 0 Å². The lowest BCUT2D eigenvalue weighted by atomic mass is 10.0. The first-order valence-electron chi connectivity index (χ1n) is 24.7. The third-order valence-corrected chi connectivity index (χ3v) is 13.1. The Morgan fingerprint density at radius 1 is 0.439 bits per heavy atom. The van der Waals surface area contributed by atoms with E-state index in [-0.39, 0.29) is 58.6 Å². The average Bonchev–Trinajstić information content (AvgIpc) is 4.25. The van der Waals surface area contributed by atoms with Crippen molar-refractivity contribution < 1.29 is 28.8 Å². The van der Waals surface area contributed by atoms with Crippen LogP contribution in [0.4, 0.5) is 0 Å². The zero-order valence-corrected chi connectivity index (χ0v) is 42.6. The van der Waals surface area contributed by atoms with Crippen molar-refractivity contribution in [1.29, 1.82) is 0 Å². The minimum atomic E-state index is -0.337. The van der Waals surface area contributed by atoms with Crippen molar-refractivity contribution in [2.45, 2.75) is 51.9 Å². The van der Waals surface area contributed by atoms with Gasteiger partial charge in [-0.2, -0.15) is 24.6 Å². The van der Waals surface area contributed by atoms with Gasteiger partial charge in [0.15, 0.2) is 12.7 Å². The third-order valence-electron chi connectivity index (χ3n) is 13.1. The predicted molar refractivity (Wildman–Crippen MR) is 290 cm³/mol. The second kappa shape index (κ2) is 22.3. The van der Waals surface area contributed by atoms with Crippen molar-refractivity contribution in [3.05, 3.63) is 153 Å². The number of tetrazole rings is 2. The van der Waals surface area contributed by atoms with Crippen molar-refractivity contribution in [1.82, 2.24) is 65.0 Å². The van der Waals surface area contributed by atoms with E-state index in [2.05, 4.69) is 91.0 Å². The molecule has 4 aromatic carbocycles. The summed E-state index contributed by atoms with van der Waals surface area (Å²) in [7, 11) is 0. The molecule has 2 atom stereocenters. The molecule has 14 rings (SSSR count). The van der Waals surface area contributed by atoms with Crippen LogP contribution in [0.5, 0.6) is 0 Å². The third kappa shape index (κ3) is 10.4. The number of amides is 6. The molecule has 0 N–H and O–H groups in total. The van der Waals surface area contributed by atoms with Crippen molar-refractivity contribution in [3.63, 3.8) is 0 Å². The van der Waals surface area contributed by atoms with Crippen LogP contribution in [0.15, 0.2) is 122 Å². The van der Waals surface area contributed by atoms with E-state index in [4.69, 9.17) is 0 Å². The highest BCUT2D eigenvalue weighted by Crippen LogP contribution is 2.19. The normalized spacial score (nSPS) is 15.1. The maximum Gasteiger partial charge on any atom is 0.280 e. The van der Waals surface area contributed by atoms with E-state index >= 15 is 0 Å². The van der Waals surface area contributed by atoms with Crippen LogP contribution in [0.1, 0.15) is 101 Å². The van der Waals surface area contributed by atoms with Crippen LogP contribution in [-0.4, -0.2) is 138 Å².